The summed E-state index contributed by atoms with van der Waals surface area (Å²) in [5.41, 5.74) is 0.998. The molecule has 1 aliphatic rings. The van der Waals surface area contributed by atoms with E-state index >= 15 is 0 Å². The lowest BCUT2D eigenvalue weighted by Crippen LogP contribution is -3.12. The van der Waals surface area contributed by atoms with Crippen LogP contribution in [-0.4, -0.2) is 52.9 Å². The van der Waals surface area contributed by atoms with Gasteiger partial charge < -0.3 is 14.9 Å². The van der Waals surface area contributed by atoms with Crippen molar-refractivity contribution in [2.75, 3.05) is 26.2 Å². The SMILES string of the molecule is CC[NH+](CC)CCN1C(=O)C(=O)/C(=C(/O)c2ccncc2)[C@@H]1c1ccc(F)cc1. The Bertz CT molecular complexity index is 909. The molecule has 1 aromatic carbocycles. The fourth-order valence-electron chi connectivity index (χ4n) is 3.65. The molecular formula is C22H25FN3O3+. The second-order valence-corrected chi connectivity index (χ2v) is 6.99. The smallest absolute Gasteiger partial charge is 0.295 e. The van der Waals surface area contributed by atoms with Gasteiger partial charge in [-0.15, -0.1) is 0 Å². The number of quaternary nitrogens is 1. The Balaban J connectivity index is 2.07. The molecule has 1 saturated heterocycles. The molecule has 2 aromatic rings. The van der Waals surface area contributed by atoms with E-state index < -0.39 is 23.5 Å². The number of rotatable bonds is 7. The number of likely N-dealkylation sites (tertiary alicyclic amines) is 1. The van der Waals surface area contributed by atoms with Crippen LogP contribution in [0.5, 0.6) is 0 Å². The number of hydrogen-bond donors (Lipinski definition) is 2. The molecule has 1 aliphatic heterocycles. The monoisotopic (exact) mass is 398 g/mol. The number of carbonyl (C=O) groups is 2. The number of hydrogen-bond acceptors (Lipinski definition) is 4. The molecule has 3 rings (SSSR count). The Morgan fingerprint density at radius 3 is 2.31 bits per heavy atom. The highest BCUT2D eigenvalue weighted by Crippen LogP contribution is 2.38. The molecule has 1 fully saturated rings. The van der Waals surface area contributed by atoms with Crippen LogP contribution in [-0.2, 0) is 9.59 Å². The van der Waals surface area contributed by atoms with Crippen molar-refractivity contribution in [1.29, 1.82) is 0 Å². The zero-order valence-corrected chi connectivity index (χ0v) is 16.6. The van der Waals surface area contributed by atoms with Gasteiger partial charge >= 0.3 is 0 Å². The average molecular weight is 398 g/mol. The van der Waals surface area contributed by atoms with Crippen LogP contribution >= 0.6 is 0 Å². The van der Waals surface area contributed by atoms with Gasteiger partial charge in [0.15, 0.2) is 0 Å². The minimum atomic E-state index is -0.765. The topological polar surface area (TPSA) is 74.9 Å². The lowest BCUT2D eigenvalue weighted by Gasteiger charge is -2.26. The number of aromatic nitrogens is 1. The second kappa shape index (κ2) is 8.96. The third-order valence-electron chi connectivity index (χ3n) is 5.39. The number of carbonyl (C=O) groups excluding carboxylic acids is 2. The number of Topliss-reactive ketones (excluding diaryl/α,β-unsaturated/α-hetero) is 1. The van der Waals surface area contributed by atoms with Crippen LogP contribution in [0.15, 0.2) is 54.4 Å². The van der Waals surface area contributed by atoms with E-state index in [-0.39, 0.29) is 11.3 Å². The number of ketones is 1. The Hall–Kier alpha value is -3.06. The molecule has 0 bridgehead atoms. The van der Waals surface area contributed by atoms with Crippen molar-refractivity contribution < 1.29 is 24.0 Å². The molecule has 152 valence electrons. The first kappa shape index (κ1) is 20.7. The molecule has 6 nitrogen and oxygen atoms in total. The number of aliphatic hydroxyl groups is 1. The van der Waals surface area contributed by atoms with Crippen LogP contribution in [0.3, 0.4) is 0 Å². The van der Waals surface area contributed by atoms with Gasteiger partial charge in [-0.2, -0.15) is 0 Å². The number of aliphatic hydroxyl groups excluding tert-OH is 1. The predicted octanol–water partition coefficient (Wildman–Crippen LogP) is 1.57. The first-order valence-corrected chi connectivity index (χ1v) is 9.75. The van der Waals surface area contributed by atoms with Crippen molar-refractivity contribution in [3.8, 4) is 0 Å². The Kier molecular flexibility index (Phi) is 6.39. The molecule has 2 N–H and O–H groups in total. The first-order valence-electron chi connectivity index (χ1n) is 9.75. The van der Waals surface area contributed by atoms with Gasteiger partial charge in [0.05, 0.1) is 37.8 Å². The second-order valence-electron chi connectivity index (χ2n) is 6.99. The van der Waals surface area contributed by atoms with Gasteiger partial charge in [-0.25, -0.2) is 4.39 Å². The molecule has 2 heterocycles. The minimum Gasteiger partial charge on any atom is -0.507 e. The van der Waals surface area contributed by atoms with E-state index in [9.17, 15) is 19.1 Å². The summed E-state index contributed by atoms with van der Waals surface area (Å²) in [6.07, 6.45) is 3.00. The molecule has 0 radical (unpaired) electrons. The van der Waals surface area contributed by atoms with Crippen LogP contribution in [0.4, 0.5) is 4.39 Å². The summed E-state index contributed by atoms with van der Waals surface area (Å²) >= 11 is 0. The van der Waals surface area contributed by atoms with Gasteiger partial charge in [0, 0.05) is 18.0 Å². The summed E-state index contributed by atoms with van der Waals surface area (Å²) < 4.78 is 13.5. The number of halogens is 1. The third kappa shape index (κ3) is 4.19. The largest absolute Gasteiger partial charge is 0.507 e. The lowest BCUT2D eigenvalue weighted by atomic mass is 9.95. The van der Waals surface area contributed by atoms with Crippen molar-refractivity contribution >= 4 is 17.4 Å². The number of amides is 1. The number of nitrogens with zero attached hydrogens (tertiary/aromatic N) is 2. The molecule has 1 atom stereocenters. The fourth-order valence-corrected chi connectivity index (χ4v) is 3.65. The normalized spacial score (nSPS) is 18.6. The Morgan fingerprint density at radius 1 is 1.10 bits per heavy atom. The maximum atomic E-state index is 13.5. The van der Waals surface area contributed by atoms with Crippen molar-refractivity contribution in [3.05, 3.63) is 71.3 Å². The van der Waals surface area contributed by atoms with Gasteiger partial charge in [-0.3, -0.25) is 14.6 Å². The molecular weight excluding hydrogens is 373 g/mol. The molecule has 0 saturated carbocycles. The van der Waals surface area contributed by atoms with E-state index in [1.807, 2.05) is 0 Å². The van der Waals surface area contributed by atoms with E-state index in [1.54, 1.807) is 24.3 Å². The average Bonchev–Trinajstić information content (AvgIpc) is 3.00. The maximum Gasteiger partial charge on any atom is 0.295 e. The van der Waals surface area contributed by atoms with Crippen molar-refractivity contribution in [3.63, 3.8) is 0 Å². The fraction of sp³-hybridized carbons (Fsp3) is 0.318. The van der Waals surface area contributed by atoms with E-state index in [1.165, 1.54) is 34.3 Å². The van der Waals surface area contributed by atoms with Crippen molar-refractivity contribution in [2.45, 2.75) is 19.9 Å². The number of likely N-dealkylation sites (N-methyl/N-ethyl adjacent to an activating group) is 1. The number of nitrogens with one attached hydrogen (secondary N) is 1. The highest BCUT2D eigenvalue weighted by molar-refractivity contribution is 6.46. The highest BCUT2D eigenvalue weighted by atomic mass is 19.1. The van der Waals surface area contributed by atoms with Gasteiger partial charge in [0.25, 0.3) is 11.7 Å². The summed E-state index contributed by atoms with van der Waals surface area (Å²) in [4.78, 5) is 32.4. The first-order chi connectivity index (χ1) is 14.0. The van der Waals surface area contributed by atoms with Gasteiger partial charge in [0.2, 0.25) is 0 Å². The van der Waals surface area contributed by atoms with Crippen LogP contribution in [0, 0.1) is 5.82 Å². The van der Waals surface area contributed by atoms with Crippen LogP contribution in [0.2, 0.25) is 0 Å². The van der Waals surface area contributed by atoms with Crippen molar-refractivity contribution in [1.82, 2.24) is 9.88 Å². The van der Waals surface area contributed by atoms with Crippen LogP contribution in [0.25, 0.3) is 5.76 Å². The zero-order valence-electron chi connectivity index (χ0n) is 16.6. The highest BCUT2D eigenvalue weighted by Gasteiger charge is 2.46. The summed E-state index contributed by atoms with van der Waals surface area (Å²) in [5, 5.41) is 10.9. The van der Waals surface area contributed by atoms with E-state index in [2.05, 4.69) is 18.8 Å². The molecule has 1 amide bonds. The van der Waals surface area contributed by atoms with Gasteiger partial charge in [0.1, 0.15) is 11.6 Å². The third-order valence-corrected chi connectivity index (χ3v) is 5.39. The molecule has 0 unspecified atom stereocenters. The quantitative estimate of drug-likeness (QED) is 0.422. The van der Waals surface area contributed by atoms with E-state index in [0.29, 0.717) is 24.2 Å². The Labute approximate surface area is 169 Å². The van der Waals surface area contributed by atoms with Crippen LogP contribution in [0.1, 0.15) is 31.0 Å². The predicted molar refractivity (Wildman–Crippen MR) is 107 cm³/mol. The number of pyridine rings is 1. The molecule has 0 spiro atoms. The van der Waals surface area contributed by atoms with Crippen molar-refractivity contribution in [2.24, 2.45) is 0 Å². The van der Waals surface area contributed by atoms with Gasteiger partial charge in [-0.05, 0) is 43.7 Å². The molecule has 7 heteroatoms. The minimum absolute atomic E-state index is 0.0161. The molecule has 29 heavy (non-hydrogen) atoms. The zero-order chi connectivity index (χ0) is 21.0. The van der Waals surface area contributed by atoms with Crippen LogP contribution < -0.4 is 4.90 Å². The van der Waals surface area contributed by atoms with E-state index in [0.717, 1.165) is 13.1 Å². The number of benzene rings is 1. The molecule has 0 aliphatic carbocycles. The summed E-state index contributed by atoms with van der Waals surface area (Å²) in [6.45, 7) is 6.96. The maximum absolute atomic E-state index is 13.5. The molecule has 1 aromatic heterocycles. The summed E-state index contributed by atoms with van der Waals surface area (Å²) in [6, 6.07) is 8.05. The lowest BCUT2D eigenvalue weighted by molar-refractivity contribution is -0.895. The van der Waals surface area contributed by atoms with E-state index in [4.69, 9.17) is 0 Å². The van der Waals surface area contributed by atoms with Gasteiger partial charge in [-0.1, -0.05) is 12.1 Å². The Morgan fingerprint density at radius 2 is 1.72 bits per heavy atom. The summed E-state index contributed by atoms with van der Waals surface area (Å²) in [7, 11) is 0. The summed E-state index contributed by atoms with van der Waals surface area (Å²) in [5.74, 6) is -2.05. The standard InChI is InChI=1S/C22H24FN3O3/c1-3-25(4-2)13-14-26-19(15-5-7-17(23)8-6-15)18(21(28)22(26)29)20(27)16-9-11-24-12-10-16/h5-12,19,27H,3-4,13-14H2,1-2H3/p+1/b20-18+/t19-/m0/s1.